The number of methoxy groups -OCH3 is 1. The third-order valence-corrected chi connectivity index (χ3v) is 9.56. The van der Waals surface area contributed by atoms with Crippen molar-refractivity contribution in [1.29, 1.82) is 0 Å². The number of benzene rings is 1. The van der Waals surface area contributed by atoms with Crippen LogP contribution in [0.1, 0.15) is 85.1 Å². The molecule has 1 saturated carbocycles. The number of amides is 2. The molecule has 1 aromatic carbocycles. The summed E-state index contributed by atoms with van der Waals surface area (Å²) in [5.41, 5.74) is 3.74. The van der Waals surface area contributed by atoms with Gasteiger partial charge in [-0.25, -0.2) is 0 Å². The van der Waals surface area contributed by atoms with Crippen LogP contribution in [0.4, 0.5) is 0 Å². The Balaban J connectivity index is 1.70. The van der Waals surface area contributed by atoms with E-state index >= 15 is 0 Å². The highest BCUT2D eigenvalue weighted by Gasteiger charge is 2.38. The highest BCUT2D eigenvalue weighted by molar-refractivity contribution is 6.76. The Morgan fingerprint density at radius 2 is 1.95 bits per heavy atom. The molecule has 1 fully saturated rings. The number of nitrogens with zero attached hydrogens (tertiary/aromatic N) is 2. The third kappa shape index (κ3) is 6.61. The summed E-state index contributed by atoms with van der Waals surface area (Å²) in [4.78, 5) is 33.3. The highest BCUT2D eigenvalue weighted by atomic mass is 28.3. The van der Waals surface area contributed by atoms with Gasteiger partial charge in [0.15, 0.2) is 0 Å². The molecule has 6 nitrogen and oxygen atoms in total. The lowest BCUT2D eigenvalue weighted by atomic mass is 9.83. The van der Waals surface area contributed by atoms with Crippen LogP contribution in [0, 0.1) is 0 Å². The van der Waals surface area contributed by atoms with Gasteiger partial charge in [-0.2, -0.15) is 0 Å². The molecule has 2 atom stereocenters. The number of nitrogens with one attached hydrogen (secondary N) is 1. The van der Waals surface area contributed by atoms with Crippen molar-refractivity contribution in [2.45, 2.75) is 102 Å². The Morgan fingerprint density at radius 1 is 1.16 bits per heavy atom. The minimum Gasteiger partial charge on any atom is -0.497 e. The van der Waals surface area contributed by atoms with E-state index in [-0.39, 0.29) is 29.9 Å². The van der Waals surface area contributed by atoms with Crippen LogP contribution in [0.5, 0.6) is 5.75 Å². The first-order chi connectivity index (χ1) is 17.7. The highest BCUT2D eigenvalue weighted by Crippen LogP contribution is 2.41. The van der Waals surface area contributed by atoms with Crippen LogP contribution in [0.15, 0.2) is 36.5 Å². The number of hydrogen-bond donors (Lipinski definition) is 1. The van der Waals surface area contributed by atoms with Gasteiger partial charge >= 0.3 is 0 Å². The normalized spacial score (nSPS) is 19.6. The Morgan fingerprint density at radius 3 is 2.54 bits per heavy atom. The summed E-state index contributed by atoms with van der Waals surface area (Å²) in [6.45, 7) is 9.16. The van der Waals surface area contributed by atoms with E-state index in [0.717, 1.165) is 61.4 Å². The SMILES string of the molecule is CCCC[C@H]1Cc2cc(OC)ccc2[C@H](c2ccc(C(=O)NC3CCC3)nc2)N1C(=O)CC[Si](C)(C)C. The monoisotopic (exact) mass is 521 g/mol. The number of ether oxygens (including phenoxy) is 1. The van der Waals surface area contributed by atoms with Gasteiger partial charge in [0.1, 0.15) is 11.4 Å². The first-order valence-corrected chi connectivity index (χ1v) is 17.7. The van der Waals surface area contributed by atoms with Crippen molar-refractivity contribution in [1.82, 2.24) is 15.2 Å². The fraction of sp³-hybridized carbons (Fsp3) is 0.567. The lowest BCUT2D eigenvalue weighted by Gasteiger charge is -2.44. The average molecular weight is 522 g/mol. The van der Waals surface area contributed by atoms with Crippen molar-refractivity contribution in [3.05, 3.63) is 58.9 Å². The topological polar surface area (TPSA) is 71.5 Å². The molecule has 0 radical (unpaired) electrons. The van der Waals surface area contributed by atoms with E-state index in [0.29, 0.717) is 12.1 Å². The molecule has 37 heavy (non-hydrogen) atoms. The lowest BCUT2D eigenvalue weighted by molar-refractivity contribution is -0.136. The number of rotatable bonds is 10. The maximum absolute atomic E-state index is 13.9. The number of fused-ring (bicyclic) bond motifs is 1. The Labute approximate surface area is 223 Å². The number of carbonyl (C=O) groups excluding carboxylic acids is 2. The minimum absolute atomic E-state index is 0.117. The molecule has 1 N–H and O–H groups in total. The molecular formula is C30H43N3O3Si. The number of carbonyl (C=O) groups is 2. The van der Waals surface area contributed by atoms with Crippen LogP contribution in [-0.4, -0.2) is 49.0 Å². The molecule has 7 heteroatoms. The predicted octanol–water partition coefficient (Wildman–Crippen LogP) is 6.13. The van der Waals surface area contributed by atoms with E-state index in [1.54, 1.807) is 13.3 Å². The van der Waals surface area contributed by atoms with Crippen LogP contribution in [0.3, 0.4) is 0 Å². The quantitative estimate of drug-likeness (QED) is 0.382. The van der Waals surface area contributed by atoms with Gasteiger partial charge in [0.2, 0.25) is 5.91 Å². The summed E-state index contributed by atoms with van der Waals surface area (Å²) in [6.07, 6.45) is 9.60. The van der Waals surface area contributed by atoms with E-state index in [9.17, 15) is 9.59 Å². The minimum atomic E-state index is -1.37. The fourth-order valence-corrected chi connectivity index (χ4v) is 6.32. The maximum atomic E-state index is 13.9. The van der Waals surface area contributed by atoms with Gasteiger partial charge in [-0.15, -0.1) is 0 Å². The molecule has 2 aromatic rings. The number of unbranched alkanes of at least 4 members (excludes halogenated alkanes) is 1. The molecule has 2 aliphatic rings. The van der Waals surface area contributed by atoms with Crippen LogP contribution in [0.2, 0.25) is 25.7 Å². The Kier molecular flexibility index (Phi) is 8.73. The van der Waals surface area contributed by atoms with E-state index in [1.807, 2.05) is 18.2 Å². The molecule has 1 aliphatic heterocycles. The van der Waals surface area contributed by atoms with Crippen molar-refractivity contribution in [2.75, 3.05) is 7.11 Å². The van der Waals surface area contributed by atoms with E-state index < -0.39 is 8.07 Å². The summed E-state index contributed by atoms with van der Waals surface area (Å²) < 4.78 is 5.54. The smallest absolute Gasteiger partial charge is 0.270 e. The Bertz CT molecular complexity index is 1090. The molecule has 1 aliphatic carbocycles. The first kappa shape index (κ1) is 27.4. The standard InChI is InChI=1S/C30H43N3O3Si/c1-6-7-11-24-18-22-19-25(36-2)13-14-26(22)29(33(24)28(34)16-17-37(3,4)5)21-12-15-27(31-20-21)30(35)32-23-9-8-10-23/h12-15,19-20,23-24,29H,6-11,16-18H2,1-5H3,(H,32,35)/t24-,29-/m0/s1. The number of pyridine rings is 1. The van der Waals surface area contributed by atoms with Crippen molar-refractivity contribution < 1.29 is 14.3 Å². The average Bonchev–Trinajstić information content (AvgIpc) is 2.86. The maximum Gasteiger partial charge on any atom is 0.270 e. The van der Waals surface area contributed by atoms with Gasteiger partial charge in [-0.05, 0) is 73.0 Å². The van der Waals surface area contributed by atoms with Gasteiger partial charge < -0.3 is 15.0 Å². The lowest BCUT2D eigenvalue weighted by Crippen LogP contribution is -2.48. The molecule has 0 unspecified atom stereocenters. The van der Waals surface area contributed by atoms with Gasteiger partial charge in [0, 0.05) is 32.8 Å². The van der Waals surface area contributed by atoms with Gasteiger partial charge in [0.25, 0.3) is 5.91 Å². The molecular weight excluding hydrogens is 478 g/mol. The molecule has 0 bridgehead atoms. The predicted molar refractivity (Wildman–Crippen MR) is 151 cm³/mol. The molecule has 0 spiro atoms. The van der Waals surface area contributed by atoms with Crippen LogP contribution in [-0.2, 0) is 11.2 Å². The van der Waals surface area contributed by atoms with Crippen molar-refractivity contribution >= 4 is 19.9 Å². The second-order valence-corrected chi connectivity index (χ2v) is 17.5. The van der Waals surface area contributed by atoms with Crippen molar-refractivity contribution in [2.24, 2.45) is 0 Å². The largest absolute Gasteiger partial charge is 0.497 e. The van der Waals surface area contributed by atoms with Crippen molar-refractivity contribution in [3.8, 4) is 5.75 Å². The number of hydrogen-bond acceptors (Lipinski definition) is 4. The summed E-state index contributed by atoms with van der Waals surface area (Å²) >= 11 is 0. The summed E-state index contributed by atoms with van der Waals surface area (Å²) in [5, 5.41) is 3.07. The van der Waals surface area contributed by atoms with Crippen molar-refractivity contribution in [3.63, 3.8) is 0 Å². The zero-order chi connectivity index (χ0) is 26.6. The van der Waals surface area contributed by atoms with Gasteiger partial charge in [0.05, 0.1) is 13.2 Å². The van der Waals surface area contributed by atoms with Crippen LogP contribution < -0.4 is 10.1 Å². The summed E-state index contributed by atoms with van der Waals surface area (Å²) in [6, 6.07) is 11.2. The Hall–Kier alpha value is -2.67. The molecule has 2 heterocycles. The first-order valence-electron chi connectivity index (χ1n) is 13.9. The fourth-order valence-electron chi connectivity index (χ4n) is 5.36. The molecule has 1 aromatic heterocycles. The van der Waals surface area contributed by atoms with Gasteiger partial charge in [-0.3, -0.25) is 14.6 Å². The van der Waals surface area contributed by atoms with Crippen LogP contribution in [0.25, 0.3) is 0 Å². The van der Waals surface area contributed by atoms with Gasteiger partial charge in [-0.1, -0.05) is 51.5 Å². The third-order valence-electron chi connectivity index (χ3n) is 7.81. The summed E-state index contributed by atoms with van der Waals surface area (Å²) in [5.74, 6) is 0.946. The zero-order valence-corrected chi connectivity index (χ0v) is 24.2. The molecule has 200 valence electrons. The molecule has 2 amide bonds. The second kappa shape index (κ2) is 11.8. The molecule has 4 rings (SSSR count). The summed E-state index contributed by atoms with van der Waals surface area (Å²) in [7, 11) is 0.325. The van der Waals surface area contributed by atoms with E-state index in [2.05, 4.69) is 53.9 Å². The second-order valence-electron chi connectivity index (χ2n) is 11.9. The molecule has 0 saturated heterocycles. The number of aromatic nitrogens is 1. The van der Waals surface area contributed by atoms with E-state index in [1.165, 1.54) is 12.0 Å². The zero-order valence-electron chi connectivity index (χ0n) is 23.2. The van der Waals surface area contributed by atoms with Crippen LogP contribution >= 0.6 is 0 Å². The van der Waals surface area contributed by atoms with E-state index in [4.69, 9.17) is 4.74 Å².